The number of anilines is 3. The largest absolute Gasteiger partial charge is 0.393 e. The molecule has 0 aliphatic rings. The van der Waals surface area contributed by atoms with Crippen molar-refractivity contribution in [3.05, 3.63) is 0 Å². The number of hydrogen-bond acceptors (Lipinski definition) is 7. The highest BCUT2D eigenvalue weighted by atomic mass is 16.3. The third kappa shape index (κ3) is 4.39. The number of nitrogens with one attached hydrogen (secondary N) is 2. The van der Waals surface area contributed by atoms with Crippen LogP contribution in [0.25, 0.3) is 0 Å². The molecule has 0 saturated carbocycles. The minimum Gasteiger partial charge on any atom is -0.393 e. The molecule has 0 aliphatic carbocycles. The van der Waals surface area contributed by atoms with Crippen molar-refractivity contribution in [2.45, 2.75) is 19.4 Å². The van der Waals surface area contributed by atoms with Crippen LogP contribution in [0.1, 0.15) is 13.3 Å². The highest BCUT2D eigenvalue weighted by Gasteiger charge is 2.06. The minimum absolute atomic E-state index is 0.332. The first-order valence-corrected chi connectivity index (χ1v) is 5.56. The predicted molar refractivity (Wildman–Crippen MR) is 68.5 cm³/mol. The molecule has 7 heteroatoms. The second-order valence-corrected chi connectivity index (χ2v) is 3.99. The van der Waals surface area contributed by atoms with Crippen LogP contribution in [0.3, 0.4) is 0 Å². The van der Waals surface area contributed by atoms with Crippen LogP contribution in [-0.2, 0) is 0 Å². The molecule has 17 heavy (non-hydrogen) atoms. The average Bonchev–Trinajstić information content (AvgIpc) is 2.28. The van der Waals surface area contributed by atoms with Gasteiger partial charge in [-0.25, -0.2) is 0 Å². The van der Waals surface area contributed by atoms with Gasteiger partial charge in [0.2, 0.25) is 17.8 Å². The lowest BCUT2D eigenvalue weighted by atomic mass is 10.3. The van der Waals surface area contributed by atoms with Gasteiger partial charge < -0.3 is 20.6 Å². The number of aliphatic hydroxyl groups excluding tert-OH is 1. The molecule has 0 fully saturated rings. The standard InChI is InChI=1S/C10H20N6O/c1-7(17)5-6-12-9-13-8(11-2)14-10(15-9)16(3)4/h7,17H,5-6H2,1-4H3,(H2,11,12,13,14,15). The Morgan fingerprint density at radius 2 is 1.88 bits per heavy atom. The summed E-state index contributed by atoms with van der Waals surface area (Å²) in [5, 5.41) is 15.1. The molecule has 0 spiro atoms. The van der Waals surface area contributed by atoms with E-state index < -0.39 is 0 Å². The van der Waals surface area contributed by atoms with Crippen molar-refractivity contribution in [2.24, 2.45) is 0 Å². The number of aliphatic hydroxyl groups is 1. The molecule has 1 atom stereocenters. The molecule has 1 aromatic rings. The quantitative estimate of drug-likeness (QED) is 0.653. The third-order valence-electron chi connectivity index (χ3n) is 2.09. The van der Waals surface area contributed by atoms with Crippen LogP contribution in [0.5, 0.6) is 0 Å². The van der Waals surface area contributed by atoms with E-state index >= 15 is 0 Å². The Balaban J connectivity index is 2.73. The third-order valence-corrected chi connectivity index (χ3v) is 2.09. The maximum absolute atomic E-state index is 9.16. The maximum Gasteiger partial charge on any atom is 0.231 e. The zero-order chi connectivity index (χ0) is 12.8. The normalized spacial score (nSPS) is 12.1. The lowest BCUT2D eigenvalue weighted by molar-refractivity contribution is 0.188. The van der Waals surface area contributed by atoms with Gasteiger partial charge in [0.1, 0.15) is 0 Å². The topological polar surface area (TPSA) is 86.2 Å². The van der Waals surface area contributed by atoms with Crippen LogP contribution in [0.15, 0.2) is 0 Å². The van der Waals surface area contributed by atoms with Gasteiger partial charge in [0.15, 0.2) is 0 Å². The van der Waals surface area contributed by atoms with Crippen LogP contribution in [0.2, 0.25) is 0 Å². The Morgan fingerprint density at radius 1 is 1.24 bits per heavy atom. The zero-order valence-corrected chi connectivity index (χ0v) is 10.7. The van der Waals surface area contributed by atoms with Crippen molar-refractivity contribution in [3.8, 4) is 0 Å². The molecule has 1 rings (SSSR count). The van der Waals surface area contributed by atoms with Crippen molar-refractivity contribution in [1.82, 2.24) is 15.0 Å². The lowest BCUT2D eigenvalue weighted by Gasteiger charge is -2.13. The van der Waals surface area contributed by atoms with E-state index in [2.05, 4.69) is 25.6 Å². The summed E-state index contributed by atoms with van der Waals surface area (Å²) < 4.78 is 0. The molecule has 0 saturated heterocycles. The highest BCUT2D eigenvalue weighted by molar-refractivity contribution is 5.42. The Bertz CT molecular complexity index is 355. The first-order valence-electron chi connectivity index (χ1n) is 5.56. The van der Waals surface area contributed by atoms with Gasteiger partial charge in [0.05, 0.1) is 6.10 Å². The van der Waals surface area contributed by atoms with Gasteiger partial charge in [-0.15, -0.1) is 0 Å². The fourth-order valence-electron chi connectivity index (χ4n) is 1.15. The maximum atomic E-state index is 9.16. The van der Waals surface area contributed by atoms with Gasteiger partial charge in [-0.1, -0.05) is 0 Å². The Hall–Kier alpha value is -1.63. The van der Waals surface area contributed by atoms with E-state index in [1.165, 1.54) is 0 Å². The summed E-state index contributed by atoms with van der Waals surface area (Å²) in [4.78, 5) is 14.4. The average molecular weight is 240 g/mol. The second kappa shape index (κ2) is 6.19. The van der Waals surface area contributed by atoms with E-state index in [0.29, 0.717) is 30.8 Å². The van der Waals surface area contributed by atoms with E-state index in [1.54, 1.807) is 14.0 Å². The number of hydrogen-bond donors (Lipinski definition) is 3. The van der Waals surface area contributed by atoms with Gasteiger partial charge in [0, 0.05) is 27.7 Å². The summed E-state index contributed by atoms with van der Waals surface area (Å²) in [6.07, 6.45) is 0.319. The zero-order valence-electron chi connectivity index (χ0n) is 10.7. The molecule has 1 heterocycles. The van der Waals surface area contributed by atoms with Crippen molar-refractivity contribution >= 4 is 17.8 Å². The SMILES string of the molecule is CNc1nc(NCCC(C)O)nc(N(C)C)n1. The summed E-state index contributed by atoms with van der Waals surface area (Å²) in [6.45, 7) is 2.37. The summed E-state index contributed by atoms with van der Waals surface area (Å²) in [7, 11) is 5.50. The van der Waals surface area contributed by atoms with Crippen molar-refractivity contribution in [2.75, 3.05) is 43.2 Å². The summed E-state index contributed by atoms with van der Waals surface area (Å²) in [5.74, 6) is 1.61. The summed E-state index contributed by atoms with van der Waals surface area (Å²) >= 11 is 0. The molecular formula is C10H20N6O. The molecule has 96 valence electrons. The summed E-state index contributed by atoms with van der Waals surface area (Å²) in [5.41, 5.74) is 0. The van der Waals surface area contributed by atoms with E-state index in [4.69, 9.17) is 5.11 Å². The fourth-order valence-corrected chi connectivity index (χ4v) is 1.15. The molecular weight excluding hydrogens is 220 g/mol. The van der Waals surface area contributed by atoms with Crippen LogP contribution >= 0.6 is 0 Å². The van der Waals surface area contributed by atoms with Gasteiger partial charge in [-0.2, -0.15) is 15.0 Å². The first-order chi connectivity index (χ1) is 8.02. The predicted octanol–water partition coefficient (Wildman–Crippen LogP) is 0.162. The Morgan fingerprint density at radius 3 is 2.41 bits per heavy atom. The van der Waals surface area contributed by atoms with Crippen molar-refractivity contribution < 1.29 is 5.11 Å². The van der Waals surface area contributed by atoms with Crippen molar-refractivity contribution in [1.29, 1.82) is 0 Å². The van der Waals surface area contributed by atoms with E-state index in [9.17, 15) is 0 Å². The van der Waals surface area contributed by atoms with Gasteiger partial charge in [0.25, 0.3) is 0 Å². The molecule has 1 unspecified atom stereocenters. The summed E-state index contributed by atoms with van der Waals surface area (Å²) in [6, 6.07) is 0. The first kappa shape index (κ1) is 13.4. The van der Waals surface area contributed by atoms with Crippen LogP contribution < -0.4 is 15.5 Å². The molecule has 0 amide bonds. The van der Waals surface area contributed by atoms with Crippen LogP contribution in [-0.4, -0.2) is 53.9 Å². The molecule has 0 radical (unpaired) electrons. The van der Waals surface area contributed by atoms with Gasteiger partial charge in [-0.3, -0.25) is 0 Å². The molecule has 0 bridgehead atoms. The van der Waals surface area contributed by atoms with Crippen LogP contribution in [0.4, 0.5) is 17.8 Å². The molecule has 0 aromatic carbocycles. The second-order valence-electron chi connectivity index (χ2n) is 3.99. The Kier molecular flexibility index (Phi) is 4.89. The molecule has 3 N–H and O–H groups in total. The Labute approximate surface area is 101 Å². The number of nitrogens with zero attached hydrogens (tertiary/aromatic N) is 4. The lowest BCUT2D eigenvalue weighted by Crippen LogP contribution is -2.17. The fraction of sp³-hybridized carbons (Fsp3) is 0.700. The van der Waals surface area contributed by atoms with E-state index in [-0.39, 0.29) is 6.10 Å². The molecule has 7 nitrogen and oxygen atoms in total. The van der Waals surface area contributed by atoms with E-state index in [0.717, 1.165) is 0 Å². The molecule has 1 aromatic heterocycles. The van der Waals surface area contributed by atoms with Crippen LogP contribution in [0, 0.1) is 0 Å². The smallest absolute Gasteiger partial charge is 0.231 e. The monoisotopic (exact) mass is 240 g/mol. The van der Waals surface area contributed by atoms with E-state index in [1.807, 2.05) is 19.0 Å². The molecule has 0 aliphatic heterocycles. The van der Waals surface area contributed by atoms with Crippen molar-refractivity contribution in [3.63, 3.8) is 0 Å². The van der Waals surface area contributed by atoms with Gasteiger partial charge in [-0.05, 0) is 13.3 Å². The number of rotatable bonds is 6. The minimum atomic E-state index is -0.332. The highest BCUT2D eigenvalue weighted by Crippen LogP contribution is 2.10. The van der Waals surface area contributed by atoms with Gasteiger partial charge >= 0.3 is 0 Å². The number of aromatic nitrogens is 3.